The fourth-order valence-corrected chi connectivity index (χ4v) is 1.56. The largest absolute Gasteiger partial charge is 0.384 e. The van der Waals surface area contributed by atoms with Gasteiger partial charge in [0.25, 0.3) is 5.91 Å². The number of ether oxygens (including phenoxy) is 1. The molecule has 0 aromatic heterocycles. The maximum absolute atomic E-state index is 13.7. The van der Waals surface area contributed by atoms with E-state index < -0.39 is 11.7 Å². The number of halogens is 1. The number of carbonyl (C=O) groups is 1. The Balaban J connectivity index is 2.85. The molecule has 5 heteroatoms. The SMILES string of the molecule is CCOCCN(C)C(=O)c1cc(C#CCO)ccc1F. The van der Waals surface area contributed by atoms with E-state index in [1.54, 1.807) is 7.05 Å². The Morgan fingerprint density at radius 2 is 2.25 bits per heavy atom. The first-order chi connectivity index (χ1) is 9.60. The molecule has 0 spiro atoms. The molecule has 1 aromatic rings. The minimum atomic E-state index is -0.590. The third-order valence-electron chi connectivity index (χ3n) is 2.63. The molecule has 0 heterocycles. The van der Waals surface area contributed by atoms with Crippen molar-refractivity contribution in [2.45, 2.75) is 6.92 Å². The van der Waals surface area contributed by atoms with Crippen LogP contribution in [0.2, 0.25) is 0 Å². The van der Waals surface area contributed by atoms with Crippen LogP contribution in [0, 0.1) is 17.7 Å². The minimum absolute atomic E-state index is 0.0336. The van der Waals surface area contributed by atoms with Crippen molar-refractivity contribution in [3.05, 3.63) is 35.1 Å². The third-order valence-corrected chi connectivity index (χ3v) is 2.63. The summed E-state index contributed by atoms with van der Waals surface area (Å²) in [7, 11) is 1.59. The highest BCUT2D eigenvalue weighted by Crippen LogP contribution is 2.12. The van der Waals surface area contributed by atoms with Crippen molar-refractivity contribution in [2.24, 2.45) is 0 Å². The van der Waals surface area contributed by atoms with Crippen LogP contribution in [-0.2, 0) is 4.74 Å². The van der Waals surface area contributed by atoms with Gasteiger partial charge in [-0.05, 0) is 25.1 Å². The molecular formula is C15H18FNO3. The molecule has 0 radical (unpaired) electrons. The van der Waals surface area contributed by atoms with Crippen molar-refractivity contribution in [1.82, 2.24) is 4.90 Å². The maximum Gasteiger partial charge on any atom is 0.256 e. The molecule has 4 nitrogen and oxygen atoms in total. The number of aliphatic hydroxyl groups is 1. The quantitative estimate of drug-likeness (QED) is 0.652. The molecule has 0 bridgehead atoms. The molecule has 20 heavy (non-hydrogen) atoms. The van der Waals surface area contributed by atoms with Crippen molar-refractivity contribution in [2.75, 3.05) is 33.4 Å². The van der Waals surface area contributed by atoms with Crippen LogP contribution >= 0.6 is 0 Å². The van der Waals surface area contributed by atoms with E-state index in [1.165, 1.54) is 23.1 Å². The van der Waals surface area contributed by atoms with Crippen LogP contribution in [0.4, 0.5) is 4.39 Å². The van der Waals surface area contributed by atoms with E-state index in [2.05, 4.69) is 11.8 Å². The minimum Gasteiger partial charge on any atom is -0.384 e. The average molecular weight is 279 g/mol. The molecule has 108 valence electrons. The van der Waals surface area contributed by atoms with E-state index >= 15 is 0 Å². The first-order valence-electron chi connectivity index (χ1n) is 6.32. The summed E-state index contributed by atoms with van der Waals surface area (Å²) in [4.78, 5) is 13.5. The smallest absolute Gasteiger partial charge is 0.256 e. The van der Waals surface area contributed by atoms with Crippen LogP contribution in [-0.4, -0.2) is 49.3 Å². The van der Waals surface area contributed by atoms with E-state index in [0.29, 0.717) is 25.3 Å². The van der Waals surface area contributed by atoms with Crippen LogP contribution in [0.15, 0.2) is 18.2 Å². The molecule has 1 amide bonds. The summed E-state index contributed by atoms with van der Waals surface area (Å²) in [6.07, 6.45) is 0. The number of aliphatic hydroxyl groups excluding tert-OH is 1. The molecule has 0 aliphatic rings. The molecule has 0 aliphatic carbocycles. The second kappa shape index (κ2) is 8.31. The highest BCUT2D eigenvalue weighted by Gasteiger charge is 2.16. The summed E-state index contributed by atoms with van der Waals surface area (Å²) in [5.41, 5.74) is 0.454. The van der Waals surface area contributed by atoms with Gasteiger partial charge < -0.3 is 14.7 Å². The van der Waals surface area contributed by atoms with E-state index in [9.17, 15) is 9.18 Å². The van der Waals surface area contributed by atoms with Crippen LogP contribution in [0.25, 0.3) is 0 Å². The van der Waals surface area contributed by atoms with Crippen molar-refractivity contribution in [3.8, 4) is 11.8 Å². The third kappa shape index (κ3) is 4.65. The Hall–Kier alpha value is -1.90. The molecule has 0 atom stereocenters. The molecule has 0 unspecified atom stereocenters. The molecule has 0 aliphatic heterocycles. The van der Waals surface area contributed by atoms with Gasteiger partial charge in [0.05, 0.1) is 12.2 Å². The Morgan fingerprint density at radius 3 is 2.90 bits per heavy atom. The van der Waals surface area contributed by atoms with Crippen molar-refractivity contribution >= 4 is 5.91 Å². The fourth-order valence-electron chi connectivity index (χ4n) is 1.56. The zero-order chi connectivity index (χ0) is 15.0. The number of carbonyl (C=O) groups excluding carboxylic acids is 1. The average Bonchev–Trinajstić information content (AvgIpc) is 2.45. The first kappa shape index (κ1) is 16.2. The van der Waals surface area contributed by atoms with E-state index in [0.717, 1.165) is 0 Å². The second-order valence-corrected chi connectivity index (χ2v) is 4.08. The van der Waals surface area contributed by atoms with E-state index in [4.69, 9.17) is 9.84 Å². The lowest BCUT2D eigenvalue weighted by molar-refractivity contribution is 0.0705. The van der Waals surface area contributed by atoms with Gasteiger partial charge in [-0.25, -0.2) is 4.39 Å². The molecule has 0 saturated heterocycles. The summed E-state index contributed by atoms with van der Waals surface area (Å²) in [6, 6.07) is 4.05. The Morgan fingerprint density at radius 1 is 1.50 bits per heavy atom. The number of hydrogen-bond donors (Lipinski definition) is 1. The molecule has 0 fully saturated rings. The van der Waals surface area contributed by atoms with Gasteiger partial charge >= 0.3 is 0 Å². The maximum atomic E-state index is 13.7. The number of amides is 1. The Labute approximate surface area is 118 Å². The van der Waals surface area contributed by atoms with Crippen molar-refractivity contribution in [3.63, 3.8) is 0 Å². The predicted molar refractivity (Wildman–Crippen MR) is 73.8 cm³/mol. The van der Waals surface area contributed by atoms with Crippen molar-refractivity contribution < 1.29 is 19.0 Å². The van der Waals surface area contributed by atoms with Gasteiger partial charge in [-0.15, -0.1) is 0 Å². The molecule has 1 aromatic carbocycles. The van der Waals surface area contributed by atoms with Crippen molar-refractivity contribution in [1.29, 1.82) is 0 Å². The van der Waals surface area contributed by atoms with E-state index in [-0.39, 0.29) is 12.2 Å². The van der Waals surface area contributed by atoms with Gasteiger partial charge in [-0.3, -0.25) is 4.79 Å². The molecule has 1 rings (SSSR count). The summed E-state index contributed by atoms with van der Waals surface area (Å²) in [5, 5.41) is 8.63. The summed E-state index contributed by atoms with van der Waals surface area (Å²) < 4.78 is 18.9. The lowest BCUT2D eigenvalue weighted by Crippen LogP contribution is -2.30. The summed E-state index contributed by atoms with van der Waals surface area (Å²) >= 11 is 0. The van der Waals surface area contributed by atoms with E-state index in [1.807, 2.05) is 6.92 Å². The predicted octanol–water partition coefficient (Wildman–Crippen LogP) is 1.28. The number of benzene rings is 1. The topological polar surface area (TPSA) is 49.8 Å². The highest BCUT2D eigenvalue weighted by atomic mass is 19.1. The van der Waals surface area contributed by atoms with Crippen LogP contribution in [0.3, 0.4) is 0 Å². The van der Waals surface area contributed by atoms with Gasteiger partial charge in [0.15, 0.2) is 0 Å². The lowest BCUT2D eigenvalue weighted by Gasteiger charge is -2.17. The van der Waals surface area contributed by atoms with Gasteiger partial charge in [0.1, 0.15) is 12.4 Å². The zero-order valence-electron chi connectivity index (χ0n) is 11.6. The molecule has 1 N–H and O–H groups in total. The Bertz CT molecular complexity index is 520. The molecular weight excluding hydrogens is 261 g/mol. The number of rotatable bonds is 5. The van der Waals surface area contributed by atoms with Gasteiger partial charge in [-0.1, -0.05) is 11.8 Å². The highest BCUT2D eigenvalue weighted by molar-refractivity contribution is 5.94. The van der Waals surface area contributed by atoms with Crippen LogP contribution in [0.1, 0.15) is 22.8 Å². The van der Waals surface area contributed by atoms with Crippen LogP contribution in [0.5, 0.6) is 0 Å². The lowest BCUT2D eigenvalue weighted by atomic mass is 10.1. The second-order valence-electron chi connectivity index (χ2n) is 4.08. The van der Waals surface area contributed by atoms with Gasteiger partial charge in [0, 0.05) is 25.8 Å². The molecule has 0 saturated carbocycles. The summed E-state index contributed by atoms with van der Waals surface area (Å²) in [5.74, 6) is 4.09. The first-order valence-corrected chi connectivity index (χ1v) is 6.32. The van der Waals surface area contributed by atoms with Gasteiger partial charge in [0.2, 0.25) is 0 Å². The normalized spacial score (nSPS) is 9.80. The number of nitrogens with zero attached hydrogens (tertiary/aromatic N) is 1. The van der Waals surface area contributed by atoms with Crippen LogP contribution < -0.4 is 0 Å². The zero-order valence-corrected chi connectivity index (χ0v) is 11.6. The Kier molecular flexibility index (Phi) is 6.71. The standard InChI is InChI=1S/C15H18FNO3/c1-3-20-10-8-17(2)15(19)13-11-12(5-4-9-18)6-7-14(13)16/h6-7,11,18H,3,8-10H2,1-2H3. The number of likely N-dealkylation sites (N-methyl/N-ethyl adjacent to an activating group) is 1. The fraction of sp³-hybridized carbons (Fsp3) is 0.400. The summed E-state index contributed by atoms with van der Waals surface area (Å²) in [6.45, 7) is 2.95. The number of hydrogen-bond acceptors (Lipinski definition) is 3. The monoisotopic (exact) mass is 279 g/mol. The van der Waals surface area contributed by atoms with Gasteiger partial charge in [-0.2, -0.15) is 0 Å².